The molecule has 0 saturated carbocycles. The Labute approximate surface area is 223 Å². The van der Waals surface area contributed by atoms with E-state index < -0.39 is 29.4 Å². The molecule has 1 aliphatic rings. The van der Waals surface area contributed by atoms with Gasteiger partial charge in [0, 0.05) is 18.4 Å². The average molecular weight is 517 g/mol. The van der Waals surface area contributed by atoms with Gasteiger partial charge in [-0.15, -0.1) is 0 Å². The number of amides is 2. The van der Waals surface area contributed by atoms with Gasteiger partial charge >= 0.3 is 0 Å². The molecule has 4 rings (SSSR count). The fourth-order valence-corrected chi connectivity index (χ4v) is 4.79. The Morgan fingerprint density at radius 1 is 1.13 bits per heavy atom. The molecule has 9 heteroatoms. The van der Waals surface area contributed by atoms with Gasteiger partial charge in [-0.2, -0.15) is 0 Å². The van der Waals surface area contributed by atoms with E-state index in [0.29, 0.717) is 18.7 Å². The Morgan fingerprint density at radius 2 is 1.82 bits per heavy atom. The number of carbonyl (C=O) groups excluding carboxylic acids is 3. The molecular formula is C29H36N6O3. The number of aldehydes is 1. The van der Waals surface area contributed by atoms with Crippen LogP contribution in [0.5, 0.6) is 0 Å². The van der Waals surface area contributed by atoms with Crippen molar-refractivity contribution in [2.24, 2.45) is 5.73 Å². The maximum absolute atomic E-state index is 13.2. The van der Waals surface area contributed by atoms with Crippen molar-refractivity contribution in [1.29, 1.82) is 0 Å². The lowest BCUT2D eigenvalue weighted by molar-refractivity contribution is -0.129. The highest BCUT2D eigenvalue weighted by Gasteiger charge is 2.33. The molecule has 200 valence electrons. The van der Waals surface area contributed by atoms with E-state index in [1.807, 2.05) is 60.7 Å². The molecule has 0 bridgehead atoms. The normalized spacial score (nSPS) is 17.0. The molecule has 3 atom stereocenters. The van der Waals surface area contributed by atoms with Gasteiger partial charge in [0.05, 0.1) is 17.9 Å². The van der Waals surface area contributed by atoms with E-state index in [9.17, 15) is 14.4 Å². The van der Waals surface area contributed by atoms with Gasteiger partial charge in [0.25, 0.3) is 0 Å². The number of anilines is 2. The molecule has 4 N–H and O–H groups in total. The summed E-state index contributed by atoms with van der Waals surface area (Å²) in [5.41, 5.74) is 6.97. The summed E-state index contributed by atoms with van der Waals surface area (Å²) >= 11 is 0. The second-order valence-corrected chi connectivity index (χ2v) is 10.3. The number of nitrogens with one attached hydrogen (secondary N) is 2. The van der Waals surface area contributed by atoms with E-state index >= 15 is 0 Å². The van der Waals surface area contributed by atoms with Crippen LogP contribution in [0.1, 0.15) is 44.7 Å². The summed E-state index contributed by atoms with van der Waals surface area (Å²) < 4.78 is 1.75. The largest absolute Gasteiger partial charge is 0.366 e. The second-order valence-electron chi connectivity index (χ2n) is 10.3. The van der Waals surface area contributed by atoms with Crippen LogP contribution < -0.4 is 21.3 Å². The van der Waals surface area contributed by atoms with Crippen LogP contribution in [-0.2, 0) is 20.8 Å². The molecule has 9 nitrogen and oxygen atoms in total. The monoisotopic (exact) mass is 516 g/mol. The van der Waals surface area contributed by atoms with Crippen LogP contribution in [0.4, 0.5) is 11.5 Å². The van der Waals surface area contributed by atoms with Gasteiger partial charge in [-0.3, -0.25) is 9.59 Å². The quantitative estimate of drug-likeness (QED) is 0.337. The molecule has 1 aromatic heterocycles. The van der Waals surface area contributed by atoms with Crippen molar-refractivity contribution in [2.75, 3.05) is 16.8 Å². The molecule has 1 aliphatic heterocycles. The predicted octanol–water partition coefficient (Wildman–Crippen LogP) is 3.09. The lowest BCUT2D eigenvalue weighted by atomic mass is 10.0. The first kappa shape index (κ1) is 27.1. The van der Waals surface area contributed by atoms with Crippen molar-refractivity contribution in [3.8, 4) is 0 Å². The Hall–Kier alpha value is -3.98. The molecule has 2 amide bonds. The van der Waals surface area contributed by atoms with Crippen molar-refractivity contribution in [2.45, 2.75) is 63.2 Å². The summed E-state index contributed by atoms with van der Waals surface area (Å²) in [7, 11) is 0. The van der Waals surface area contributed by atoms with E-state index in [0.717, 1.165) is 36.9 Å². The Morgan fingerprint density at radius 3 is 2.47 bits per heavy atom. The summed E-state index contributed by atoms with van der Waals surface area (Å²) in [5.74, 6) is -0.491. The second kappa shape index (κ2) is 12.0. The smallest absolute Gasteiger partial charge is 0.248 e. The van der Waals surface area contributed by atoms with Gasteiger partial charge in [0.1, 0.15) is 18.4 Å². The van der Waals surface area contributed by atoms with Crippen LogP contribution in [0.15, 0.2) is 73.2 Å². The lowest BCUT2D eigenvalue weighted by Gasteiger charge is -2.31. The molecule has 38 heavy (non-hydrogen) atoms. The van der Waals surface area contributed by atoms with Crippen LogP contribution in [0.3, 0.4) is 0 Å². The van der Waals surface area contributed by atoms with E-state index in [1.165, 1.54) is 0 Å². The van der Waals surface area contributed by atoms with E-state index in [2.05, 4.69) is 20.5 Å². The third-order valence-corrected chi connectivity index (χ3v) is 6.89. The number of aromatic nitrogens is 2. The van der Waals surface area contributed by atoms with Gasteiger partial charge in [-0.25, -0.2) is 4.98 Å². The Balaban J connectivity index is 1.46. The molecular weight excluding hydrogens is 480 g/mol. The first-order valence-corrected chi connectivity index (χ1v) is 13.0. The molecule has 1 fully saturated rings. The van der Waals surface area contributed by atoms with Crippen LogP contribution in [0.25, 0.3) is 0 Å². The minimum Gasteiger partial charge on any atom is -0.366 e. The maximum atomic E-state index is 13.2. The Kier molecular flexibility index (Phi) is 8.58. The first-order valence-electron chi connectivity index (χ1n) is 13.0. The average Bonchev–Trinajstić information content (AvgIpc) is 3.58. The molecule has 2 heterocycles. The number of hydrogen-bond donors (Lipinski definition) is 3. The highest BCUT2D eigenvalue weighted by Crippen LogP contribution is 2.31. The third-order valence-electron chi connectivity index (χ3n) is 6.89. The van der Waals surface area contributed by atoms with Gasteiger partial charge in [-0.1, -0.05) is 48.5 Å². The van der Waals surface area contributed by atoms with Crippen molar-refractivity contribution in [3.63, 3.8) is 0 Å². The summed E-state index contributed by atoms with van der Waals surface area (Å²) in [6, 6.07) is 18.5. The van der Waals surface area contributed by atoms with Gasteiger partial charge in [-0.05, 0) is 57.2 Å². The van der Waals surface area contributed by atoms with Gasteiger partial charge in [0.15, 0.2) is 5.82 Å². The summed E-state index contributed by atoms with van der Waals surface area (Å²) in [5, 5.41) is 5.60. The van der Waals surface area contributed by atoms with E-state index in [4.69, 9.17) is 5.73 Å². The minimum absolute atomic E-state index is 0.0163. The van der Waals surface area contributed by atoms with Crippen LogP contribution in [0.2, 0.25) is 0 Å². The van der Waals surface area contributed by atoms with E-state index in [1.54, 1.807) is 30.9 Å². The van der Waals surface area contributed by atoms with Crippen LogP contribution in [-0.4, -0.2) is 51.8 Å². The topological polar surface area (TPSA) is 122 Å². The van der Waals surface area contributed by atoms with Crippen molar-refractivity contribution >= 4 is 29.6 Å². The zero-order chi connectivity index (χ0) is 27.1. The standard InChI is InChI=1S/C29H36N6O3/c1-29(2,30)28(38)32-23(16-15-21-10-5-3-6-11-21)27(37)33-26-18-34(20-31-26)25(19-36)24-14-9-17-35(24)22-12-7-4-8-13-22/h3-8,10-13,18-20,23-25H,9,14-17,30H2,1-2H3,(H,32,38)(H,33,37)/t23-,24?,25?/m1/s1. The molecule has 1 saturated heterocycles. The molecule has 2 unspecified atom stereocenters. The number of benzene rings is 2. The Bertz CT molecular complexity index is 1220. The number of nitrogens with zero attached hydrogens (tertiary/aromatic N) is 3. The molecule has 0 radical (unpaired) electrons. The maximum Gasteiger partial charge on any atom is 0.248 e. The van der Waals surface area contributed by atoms with Crippen LogP contribution in [0, 0.1) is 0 Å². The van der Waals surface area contributed by atoms with Gasteiger partial charge < -0.3 is 30.6 Å². The molecule has 3 aromatic rings. The molecule has 0 spiro atoms. The number of para-hydroxylation sites is 1. The summed E-state index contributed by atoms with van der Waals surface area (Å²) in [6.45, 7) is 4.06. The highest BCUT2D eigenvalue weighted by molar-refractivity contribution is 5.97. The summed E-state index contributed by atoms with van der Waals surface area (Å²) in [4.78, 5) is 44.6. The van der Waals surface area contributed by atoms with E-state index in [-0.39, 0.29) is 6.04 Å². The molecule has 2 aromatic carbocycles. The number of aryl methyl sites for hydroxylation is 1. The van der Waals surface area contributed by atoms with Gasteiger partial charge in [0.2, 0.25) is 11.8 Å². The fraction of sp³-hybridized carbons (Fsp3) is 0.379. The predicted molar refractivity (Wildman–Crippen MR) is 148 cm³/mol. The third kappa shape index (κ3) is 6.66. The minimum atomic E-state index is -1.13. The lowest BCUT2D eigenvalue weighted by Crippen LogP contribution is -2.55. The fourth-order valence-electron chi connectivity index (χ4n) is 4.79. The number of carbonyl (C=O) groups is 3. The SMILES string of the molecule is CC(C)(N)C(=O)N[C@H](CCc1ccccc1)C(=O)Nc1cn(C(C=O)C2CCCN2c2ccccc2)cn1. The van der Waals surface area contributed by atoms with Crippen LogP contribution >= 0.6 is 0 Å². The van der Waals surface area contributed by atoms with Crippen molar-refractivity contribution in [3.05, 3.63) is 78.8 Å². The zero-order valence-corrected chi connectivity index (χ0v) is 21.9. The van der Waals surface area contributed by atoms with Crippen molar-refractivity contribution in [1.82, 2.24) is 14.9 Å². The highest BCUT2D eigenvalue weighted by atomic mass is 16.2. The molecule has 0 aliphatic carbocycles. The number of nitrogens with two attached hydrogens (primary N) is 1. The number of imidazole rings is 1. The number of rotatable bonds is 11. The number of hydrogen-bond acceptors (Lipinski definition) is 6. The summed E-state index contributed by atoms with van der Waals surface area (Å²) in [6.07, 6.45) is 7.03. The first-order chi connectivity index (χ1) is 18.3. The van der Waals surface area contributed by atoms with Crippen molar-refractivity contribution < 1.29 is 14.4 Å². The zero-order valence-electron chi connectivity index (χ0n) is 21.9.